The van der Waals surface area contributed by atoms with Crippen molar-refractivity contribution in [2.75, 3.05) is 6.54 Å². The fraction of sp³-hybridized carbons (Fsp3) is 0.667. The molecule has 1 aromatic carbocycles. The summed E-state index contributed by atoms with van der Waals surface area (Å²) >= 11 is 0. The molecule has 34 heavy (non-hydrogen) atoms. The number of ether oxygens (including phenoxy) is 1. The highest BCUT2D eigenvalue weighted by Crippen LogP contribution is 2.33. The Morgan fingerprint density at radius 1 is 1.03 bits per heavy atom. The number of carbonyl (C=O) groups is 3. The van der Waals surface area contributed by atoms with Crippen molar-refractivity contribution in [3.05, 3.63) is 34.9 Å². The Kier molecular flexibility index (Phi) is 10.6. The van der Waals surface area contributed by atoms with Crippen molar-refractivity contribution >= 4 is 17.9 Å². The number of carbonyl (C=O) groups excluding carboxylic acids is 3. The molecule has 2 N–H and O–H groups in total. The van der Waals surface area contributed by atoms with E-state index in [2.05, 4.69) is 17.6 Å². The van der Waals surface area contributed by atoms with Crippen molar-refractivity contribution in [2.45, 2.75) is 112 Å². The fourth-order valence-electron chi connectivity index (χ4n) is 3.54. The number of alkyl carbamates (subject to hydrolysis) is 1. The number of hydrogen-bond acceptors (Lipinski definition) is 4. The summed E-state index contributed by atoms with van der Waals surface area (Å²) in [5, 5.41) is 5.66. The van der Waals surface area contributed by atoms with E-state index >= 15 is 0 Å². The molecule has 0 aliphatic heterocycles. The molecule has 0 aliphatic rings. The molecule has 0 aromatic heterocycles. The molecule has 7 nitrogen and oxygen atoms in total. The van der Waals surface area contributed by atoms with Crippen LogP contribution in [0.5, 0.6) is 0 Å². The molecule has 0 saturated carbocycles. The van der Waals surface area contributed by atoms with Gasteiger partial charge in [0.1, 0.15) is 17.7 Å². The number of aryl methyl sites for hydroxylation is 2. The van der Waals surface area contributed by atoms with Gasteiger partial charge in [0, 0.05) is 12.1 Å². The molecule has 0 bridgehead atoms. The number of rotatable bonds is 10. The van der Waals surface area contributed by atoms with E-state index in [4.69, 9.17) is 4.74 Å². The zero-order valence-electron chi connectivity index (χ0n) is 22.8. The summed E-state index contributed by atoms with van der Waals surface area (Å²) < 4.78 is 5.34. The highest BCUT2D eigenvalue weighted by atomic mass is 16.6. The fourth-order valence-corrected chi connectivity index (χ4v) is 3.54. The van der Waals surface area contributed by atoms with Gasteiger partial charge in [-0.15, -0.1) is 0 Å². The van der Waals surface area contributed by atoms with Gasteiger partial charge in [-0.05, 0) is 84.9 Å². The predicted octanol–water partition coefficient (Wildman–Crippen LogP) is 5.19. The Balaban J connectivity index is 3.46. The van der Waals surface area contributed by atoms with E-state index < -0.39 is 29.3 Å². The lowest BCUT2D eigenvalue weighted by Gasteiger charge is -2.44. The molecule has 192 valence electrons. The maximum atomic E-state index is 13.8. The van der Waals surface area contributed by atoms with Crippen LogP contribution in [0.1, 0.15) is 97.4 Å². The standard InChI is InChI=1S/C27H45N3O4/c1-11-13-16-28-23(31)22(21-15-14-18(3)19(4)17-21)30(27(9,10)12-2)24(32)20(5)29-25(33)34-26(6,7)8/h14-15,17,20,22H,11-13,16H2,1-10H3,(H,28,31)(H,29,33). The van der Waals surface area contributed by atoms with Crippen LogP contribution in [-0.4, -0.2) is 46.5 Å². The van der Waals surface area contributed by atoms with Crippen LogP contribution in [0.4, 0.5) is 4.79 Å². The van der Waals surface area contributed by atoms with E-state index in [0.29, 0.717) is 13.0 Å². The highest BCUT2D eigenvalue weighted by Gasteiger charge is 2.42. The molecule has 7 heteroatoms. The number of hydrogen-bond donors (Lipinski definition) is 2. The first-order valence-electron chi connectivity index (χ1n) is 12.3. The zero-order chi connectivity index (χ0) is 26.3. The monoisotopic (exact) mass is 475 g/mol. The molecule has 0 fully saturated rings. The maximum Gasteiger partial charge on any atom is 0.408 e. The minimum atomic E-state index is -0.877. The summed E-state index contributed by atoms with van der Waals surface area (Å²) in [6.07, 6.45) is 1.76. The lowest BCUT2D eigenvalue weighted by Crippen LogP contribution is -2.58. The minimum Gasteiger partial charge on any atom is -0.444 e. The van der Waals surface area contributed by atoms with E-state index in [1.54, 1.807) is 32.6 Å². The van der Waals surface area contributed by atoms with Gasteiger partial charge in [-0.1, -0.05) is 38.5 Å². The molecule has 0 saturated heterocycles. The lowest BCUT2D eigenvalue weighted by atomic mass is 9.91. The minimum absolute atomic E-state index is 0.226. The van der Waals surface area contributed by atoms with Crippen LogP contribution >= 0.6 is 0 Å². The van der Waals surface area contributed by atoms with E-state index in [1.807, 2.05) is 52.8 Å². The third-order valence-corrected chi connectivity index (χ3v) is 6.04. The second-order valence-electron chi connectivity index (χ2n) is 10.6. The van der Waals surface area contributed by atoms with Crippen molar-refractivity contribution < 1.29 is 19.1 Å². The van der Waals surface area contributed by atoms with Gasteiger partial charge >= 0.3 is 6.09 Å². The van der Waals surface area contributed by atoms with Gasteiger partial charge in [0.15, 0.2) is 0 Å². The normalized spacial score (nSPS) is 13.6. The molecule has 0 radical (unpaired) electrons. The number of nitrogens with zero attached hydrogens (tertiary/aromatic N) is 1. The molecule has 0 spiro atoms. The Labute approximate surface area is 206 Å². The molecular weight excluding hydrogens is 430 g/mol. The SMILES string of the molecule is CCCCNC(=O)C(c1ccc(C)c(C)c1)N(C(=O)C(C)NC(=O)OC(C)(C)C)C(C)(C)CC. The van der Waals surface area contributed by atoms with Crippen LogP contribution in [0.25, 0.3) is 0 Å². The topological polar surface area (TPSA) is 87.7 Å². The molecule has 2 atom stereocenters. The summed E-state index contributed by atoms with van der Waals surface area (Å²) in [4.78, 5) is 41.4. The Morgan fingerprint density at radius 2 is 1.65 bits per heavy atom. The number of amides is 3. The van der Waals surface area contributed by atoms with E-state index in [-0.39, 0.29) is 11.8 Å². The molecule has 1 rings (SSSR count). The van der Waals surface area contributed by atoms with Gasteiger partial charge in [0.25, 0.3) is 0 Å². The number of nitrogens with one attached hydrogen (secondary N) is 2. The first-order chi connectivity index (χ1) is 15.6. The van der Waals surface area contributed by atoms with Crippen molar-refractivity contribution in [3.63, 3.8) is 0 Å². The van der Waals surface area contributed by atoms with Crippen molar-refractivity contribution in [2.24, 2.45) is 0 Å². The molecule has 0 aliphatic carbocycles. The first kappa shape index (κ1) is 29.5. The maximum absolute atomic E-state index is 13.8. The van der Waals surface area contributed by atoms with Gasteiger partial charge in [0.2, 0.25) is 11.8 Å². The van der Waals surface area contributed by atoms with E-state index in [9.17, 15) is 14.4 Å². The second kappa shape index (κ2) is 12.2. The average molecular weight is 476 g/mol. The Morgan fingerprint density at radius 3 is 2.15 bits per heavy atom. The summed E-state index contributed by atoms with van der Waals surface area (Å²) in [6, 6.07) is 4.14. The molecule has 3 amide bonds. The lowest BCUT2D eigenvalue weighted by molar-refractivity contribution is -0.149. The summed E-state index contributed by atoms with van der Waals surface area (Å²) in [5.41, 5.74) is 1.58. The van der Waals surface area contributed by atoms with Crippen LogP contribution in [0, 0.1) is 13.8 Å². The van der Waals surface area contributed by atoms with Crippen LogP contribution in [0.15, 0.2) is 18.2 Å². The summed E-state index contributed by atoms with van der Waals surface area (Å²) in [5.74, 6) is -0.567. The summed E-state index contributed by atoms with van der Waals surface area (Å²) in [7, 11) is 0. The third kappa shape index (κ3) is 8.33. The smallest absolute Gasteiger partial charge is 0.408 e. The molecule has 2 unspecified atom stereocenters. The second-order valence-corrected chi connectivity index (χ2v) is 10.6. The van der Waals surface area contributed by atoms with Crippen molar-refractivity contribution in [1.82, 2.24) is 15.5 Å². The van der Waals surface area contributed by atoms with Crippen molar-refractivity contribution in [3.8, 4) is 0 Å². The largest absolute Gasteiger partial charge is 0.444 e. The van der Waals surface area contributed by atoms with Gasteiger partial charge in [-0.2, -0.15) is 0 Å². The Hall–Kier alpha value is -2.57. The highest BCUT2D eigenvalue weighted by molar-refractivity contribution is 5.92. The third-order valence-electron chi connectivity index (χ3n) is 6.04. The summed E-state index contributed by atoms with van der Waals surface area (Å²) in [6.45, 7) is 19.4. The molecular formula is C27H45N3O4. The molecule has 1 aromatic rings. The van der Waals surface area contributed by atoms with Crippen LogP contribution in [-0.2, 0) is 14.3 Å². The van der Waals surface area contributed by atoms with E-state index in [1.165, 1.54) is 0 Å². The van der Waals surface area contributed by atoms with Crippen LogP contribution in [0.2, 0.25) is 0 Å². The molecule has 0 heterocycles. The van der Waals surface area contributed by atoms with Gasteiger partial charge in [-0.3, -0.25) is 9.59 Å². The van der Waals surface area contributed by atoms with Crippen molar-refractivity contribution in [1.29, 1.82) is 0 Å². The number of benzene rings is 1. The quantitative estimate of drug-likeness (QED) is 0.456. The predicted molar refractivity (Wildman–Crippen MR) is 137 cm³/mol. The van der Waals surface area contributed by atoms with Crippen LogP contribution < -0.4 is 10.6 Å². The van der Waals surface area contributed by atoms with Crippen LogP contribution in [0.3, 0.4) is 0 Å². The Bertz CT molecular complexity index is 858. The number of unbranched alkanes of at least 4 members (excludes halogenated alkanes) is 1. The zero-order valence-corrected chi connectivity index (χ0v) is 22.8. The first-order valence-corrected chi connectivity index (χ1v) is 12.3. The average Bonchev–Trinajstić information content (AvgIpc) is 2.72. The van der Waals surface area contributed by atoms with Gasteiger partial charge in [-0.25, -0.2) is 4.79 Å². The van der Waals surface area contributed by atoms with Gasteiger partial charge in [0.05, 0.1) is 0 Å². The van der Waals surface area contributed by atoms with E-state index in [0.717, 1.165) is 29.5 Å². The van der Waals surface area contributed by atoms with Gasteiger partial charge < -0.3 is 20.3 Å².